The maximum atomic E-state index is 12.6. The van der Waals surface area contributed by atoms with Gasteiger partial charge in [-0.1, -0.05) is 36.4 Å². The Morgan fingerprint density at radius 1 is 1.00 bits per heavy atom. The number of nitrogens with one attached hydrogen (secondary N) is 2. The highest BCUT2D eigenvalue weighted by Gasteiger charge is 2.30. The quantitative estimate of drug-likeness (QED) is 0.259. The van der Waals surface area contributed by atoms with Crippen molar-refractivity contribution < 1.29 is 9.53 Å². The van der Waals surface area contributed by atoms with Gasteiger partial charge in [-0.05, 0) is 67.8 Å². The predicted molar refractivity (Wildman–Crippen MR) is 163 cm³/mol. The lowest BCUT2D eigenvalue weighted by Crippen LogP contribution is -2.51. The number of H-pyrrole nitrogens is 1. The lowest BCUT2D eigenvalue weighted by molar-refractivity contribution is -0.158. The van der Waals surface area contributed by atoms with Crippen molar-refractivity contribution in [3.05, 3.63) is 90.5 Å². The van der Waals surface area contributed by atoms with E-state index in [-0.39, 0.29) is 18.0 Å². The third-order valence-corrected chi connectivity index (χ3v) is 8.30. The van der Waals surface area contributed by atoms with Crippen molar-refractivity contribution in [3.63, 3.8) is 0 Å². The Hall–Kier alpha value is -4.40. The van der Waals surface area contributed by atoms with Gasteiger partial charge in [-0.15, -0.1) is 0 Å². The van der Waals surface area contributed by atoms with Crippen LogP contribution < -0.4 is 5.32 Å². The first-order valence-corrected chi connectivity index (χ1v) is 14.7. The summed E-state index contributed by atoms with van der Waals surface area (Å²) in [6.45, 7) is 6.14. The summed E-state index contributed by atoms with van der Waals surface area (Å²) in [5.41, 5.74) is 9.01. The summed E-state index contributed by atoms with van der Waals surface area (Å²) in [7, 11) is 0. The standard InChI is InChI=1S/C34H34N6O2/c1-22-4-2-6-31(39-22)33-32(37-21-38-33)25-11-12-30-27(14-25)15-28(16-36-30)24-9-7-23(8-10-24)19-40-13-3-5-26(20-40)34(41)42-29-17-35-18-29/h2,4,6-12,14-16,21,26,29,35H,3,5,13,17-20H2,1H3,(H,37,38)/t26-/m0/s1. The van der Waals surface area contributed by atoms with Crippen molar-refractivity contribution >= 4 is 16.9 Å². The number of piperidine rings is 1. The number of aryl methyl sites for hydroxylation is 1. The second-order valence-corrected chi connectivity index (χ2v) is 11.4. The summed E-state index contributed by atoms with van der Waals surface area (Å²) < 4.78 is 5.64. The molecule has 5 heterocycles. The number of carbonyl (C=O) groups is 1. The number of aromatic amines is 1. The first-order valence-electron chi connectivity index (χ1n) is 14.7. The fraction of sp³-hybridized carbons (Fsp3) is 0.294. The van der Waals surface area contributed by atoms with Crippen LogP contribution in [0, 0.1) is 12.8 Å². The van der Waals surface area contributed by atoms with Gasteiger partial charge in [0.1, 0.15) is 6.10 Å². The molecule has 0 radical (unpaired) electrons. The Bertz CT molecular complexity index is 1730. The van der Waals surface area contributed by atoms with Crippen molar-refractivity contribution in [2.24, 2.45) is 5.92 Å². The van der Waals surface area contributed by atoms with Crippen LogP contribution in [0.2, 0.25) is 0 Å². The molecule has 2 N–H and O–H groups in total. The second kappa shape index (κ2) is 11.5. The maximum Gasteiger partial charge on any atom is 0.310 e. The van der Waals surface area contributed by atoms with Crippen LogP contribution in [0.1, 0.15) is 24.1 Å². The number of nitrogens with zero attached hydrogens (tertiary/aromatic N) is 4. The Balaban J connectivity index is 1.06. The SMILES string of the molecule is Cc1cccc(-c2[nH]cnc2-c2ccc3ncc(-c4ccc(CN5CCC[C@H](C(=O)OC6CNC6)C5)cc4)cc3c2)n1. The highest BCUT2D eigenvalue weighted by Crippen LogP contribution is 2.31. The van der Waals surface area contributed by atoms with Gasteiger partial charge in [0.15, 0.2) is 0 Å². The number of likely N-dealkylation sites (tertiary alicyclic amines) is 1. The minimum Gasteiger partial charge on any atom is -0.459 e. The number of carbonyl (C=O) groups excluding carboxylic acids is 1. The van der Waals surface area contributed by atoms with Gasteiger partial charge in [0.2, 0.25) is 0 Å². The molecule has 0 bridgehead atoms. The topological polar surface area (TPSA) is 96.0 Å². The van der Waals surface area contributed by atoms with Crippen molar-refractivity contribution in [2.75, 3.05) is 26.2 Å². The Morgan fingerprint density at radius 3 is 2.64 bits per heavy atom. The Labute approximate surface area is 245 Å². The Kier molecular flexibility index (Phi) is 7.23. The van der Waals surface area contributed by atoms with E-state index < -0.39 is 0 Å². The lowest BCUT2D eigenvalue weighted by Gasteiger charge is -2.34. The van der Waals surface area contributed by atoms with Gasteiger partial charge >= 0.3 is 5.97 Å². The summed E-state index contributed by atoms with van der Waals surface area (Å²) in [5.74, 6) is -0.0679. The zero-order valence-corrected chi connectivity index (χ0v) is 23.7. The number of benzene rings is 2. The molecule has 2 saturated heterocycles. The fourth-order valence-corrected chi connectivity index (χ4v) is 5.89. The number of hydrogen-bond acceptors (Lipinski definition) is 7. The molecule has 212 valence electrons. The minimum absolute atomic E-state index is 0.0298. The molecule has 0 amide bonds. The molecule has 3 aromatic heterocycles. The van der Waals surface area contributed by atoms with Gasteiger partial charge in [0.25, 0.3) is 0 Å². The van der Waals surface area contributed by atoms with Crippen LogP contribution in [-0.4, -0.2) is 63.1 Å². The summed E-state index contributed by atoms with van der Waals surface area (Å²) in [6.07, 6.45) is 5.64. The number of esters is 1. The first kappa shape index (κ1) is 26.5. The molecule has 7 rings (SSSR count). The van der Waals surface area contributed by atoms with E-state index in [1.165, 1.54) is 5.56 Å². The zero-order valence-electron chi connectivity index (χ0n) is 23.7. The monoisotopic (exact) mass is 558 g/mol. The average Bonchev–Trinajstić information content (AvgIpc) is 3.49. The molecule has 2 aliphatic heterocycles. The van der Waals surface area contributed by atoms with E-state index in [2.05, 4.69) is 67.6 Å². The van der Waals surface area contributed by atoms with Gasteiger partial charge < -0.3 is 15.0 Å². The van der Waals surface area contributed by atoms with Crippen LogP contribution in [0.25, 0.3) is 44.7 Å². The van der Waals surface area contributed by atoms with Crippen LogP contribution >= 0.6 is 0 Å². The van der Waals surface area contributed by atoms with Crippen LogP contribution in [0.15, 0.2) is 79.3 Å². The number of rotatable bonds is 7. The average molecular weight is 559 g/mol. The summed E-state index contributed by atoms with van der Waals surface area (Å²) in [4.78, 5) is 32.3. The second-order valence-electron chi connectivity index (χ2n) is 11.4. The number of ether oxygens (including phenoxy) is 1. The summed E-state index contributed by atoms with van der Waals surface area (Å²) in [6, 6.07) is 23.1. The van der Waals surface area contributed by atoms with Crippen molar-refractivity contribution in [1.29, 1.82) is 0 Å². The van der Waals surface area contributed by atoms with Gasteiger partial charge in [0.05, 0.1) is 34.8 Å². The van der Waals surface area contributed by atoms with Crippen molar-refractivity contribution in [2.45, 2.75) is 32.4 Å². The molecule has 0 spiro atoms. The molecule has 2 fully saturated rings. The van der Waals surface area contributed by atoms with E-state index in [9.17, 15) is 4.79 Å². The number of aromatic nitrogens is 4. The zero-order chi connectivity index (χ0) is 28.5. The summed E-state index contributed by atoms with van der Waals surface area (Å²) in [5, 5.41) is 4.22. The van der Waals surface area contributed by atoms with E-state index in [0.29, 0.717) is 0 Å². The largest absolute Gasteiger partial charge is 0.459 e. The first-order chi connectivity index (χ1) is 20.6. The number of imidazole rings is 1. The van der Waals surface area contributed by atoms with Gasteiger partial charge in [0, 0.05) is 54.6 Å². The molecule has 0 aliphatic carbocycles. The molecular formula is C34H34N6O2. The van der Waals surface area contributed by atoms with E-state index >= 15 is 0 Å². The third-order valence-electron chi connectivity index (χ3n) is 8.30. The summed E-state index contributed by atoms with van der Waals surface area (Å²) >= 11 is 0. The molecule has 0 unspecified atom stereocenters. The van der Waals surface area contributed by atoms with Crippen molar-refractivity contribution in [1.82, 2.24) is 30.2 Å². The molecule has 8 nitrogen and oxygen atoms in total. The molecule has 2 aromatic carbocycles. The molecule has 42 heavy (non-hydrogen) atoms. The highest BCUT2D eigenvalue weighted by molar-refractivity contribution is 5.89. The normalized spacial score (nSPS) is 17.7. The molecular weight excluding hydrogens is 524 g/mol. The van der Waals surface area contributed by atoms with Crippen molar-refractivity contribution in [3.8, 4) is 33.8 Å². The van der Waals surface area contributed by atoms with Gasteiger partial charge in [-0.3, -0.25) is 19.7 Å². The molecule has 2 aliphatic rings. The molecule has 8 heteroatoms. The fourth-order valence-electron chi connectivity index (χ4n) is 5.89. The third kappa shape index (κ3) is 5.55. The van der Waals surface area contributed by atoms with E-state index in [1.807, 2.05) is 37.4 Å². The lowest BCUT2D eigenvalue weighted by atomic mass is 9.97. The van der Waals surface area contributed by atoms with Gasteiger partial charge in [-0.25, -0.2) is 4.98 Å². The molecule has 5 aromatic rings. The predicted octanol–water partition coefficient (Wildman–Crippen LogP) is 5.39. The number of fused-ring (bicyclic) bond motifs is 1. The van der Waals surface area contributed by atoms with Crippen LogP contribution in [-0.2, 0) is 16.1 Å². The van der Waals surface area contributed by atoms with Gasteiger partial charge in [-0.2, -0.15) is 0 Å². The number of pyridine rings is 2. The number of hydrogen-bond donors (Lipinski definition) is 2. The highest BCUT2D eigenvalue weighted by atomic mass is 16.5. The van der Waals surface area contributed by atoms with E-state index in [4.69, 9.17) is 9.72 Å². The van der Waals surface area contributed by atoms with Crippen LogP contribution in [0.4, 0.5) is 0 Å². The Morgan fingerprint density at radius 2 is 1.83 bits per heavy atom. The van der Waals surface area contributed by atoms with E-state index in [0.717, 1.165) is 95.9 Å². The smallest absolute Gasteiger partial charge is 0.310 e. The molecule has 0 saturated carbocycles. The van der Waals surface area contributed by atoms with E-state index in [1.54, 1.807) is 6.33 Å². The molecule has 1 atom stereocenters. The minimum atomic E-state index is -0.0381. The maximum absolute atomic E-state index is 12.6. The van der Waals surface area contributed by atoms with Crippen LogP contribution in [0.5, 0.6) is 0 Å². The van der Waals surface area contributed by atoms with Crippen LogP contribution in [0.3, 0.4) is 0 Å².